The number of aldehydes is 1. The number of rotatable bonds is 5. The number of imidazole rings is 1. The van der Waals surface area contributed by atoms with Gasteiger partial charge in [0.05, 0.1) is 11.8 Å². The fraction of sp³-hybridized carbons (Fsp3) is 0.524. The molecule has 1 aliphatic rings. The van der Waals surface area contributed by atoms with E-state index < -0.39 is 0 Å². The van der Waals surface area contributed by atoms with E-state index >= 15 is 0 Å². The number of hydrogen-bond acceptors (Lipinski definition) is 6. The second kappa shape index (κ2) is 10.2. The van der Waals surface area contributed by atoms with Crippen LogP contribution in [0.1, 0.15) is 49.0 Å². The van der Waals surface area contributed by atoms with E-state index in [1.54, 1.807) is 24.6 Å². The molecule has 7 nitrogen and oxygen atoms in total. The van der Waals surface area contributed by atoms with Gasteiger partial charge in [-0.1, -0.05) is 13.8 Å². The maximum Gasteiger partial charge on any atom is 0.245 e. The molecule has 29 heavy (non-hydrogen) atoms. The van der Waals surface area contributed by atoms with E-state index in [0.717, 1.165) is 42.8 Å². The largest absolute Gasteiger partial charge is 0.373 e. The average Bonchev–Trinajstić information content (AvgIpc) is 3.21. The van der Waals surface area contributed by atoms with Gasteiger partial charge in [0.2, 0.25) is 5.91 Å². The summed E-state index contributed by atoms with van der Waals surface area (Å²) in [5.41, 5.74) is 1.79. The average molecular weight is 416 g/mol. The van der Waals surface area contributed by atoms with Gasteiger partial charge in [-0.05, 0) is 50.5 Å². The second-order valence-electron chi connectivity index (χ2n) is 7.38. The van der Waals surface area contributed by atoms with E-state index in [0.29, 0.717) is 22.4 Å². The summed E-state index contributed by atoms with van der Waals surface area (Å²) >= 11 is 1.57. The summed E-state index contributed by atoms with van der Waals surface area (Å²) in [5.74, 6) is 2.72. The Morgan fingerprint density at radius 2 is 2.21 bits per heavy atom. The Balaban J connectivity index is 0.000000941. The number of amides is 1. The van der Waals surface area contributed by atoms with Gasteiger partial charge in [-0.2, -0.15) is 5.26 Å². The van der Waals surface area contributed by atoms with Gasteiger partial charge in [0.1, 0.15) is 35.5 Å². The zero-order chi connectivity index (χ0) is 21.6. The van der Waals surface area contributed by atoms with Gasteiger partial charge in [-0.15, -0.1) is 11.3 Å². The molecule has 156 valence electrons. The van der Waals surface area contributed by atoms with Crippen molar-refractivity contribution < 1.29 is 9.59 Å². The lowest BCUT2D eigenvalue weighted by atomic mass is 9.81. The van der Waals surface area contributed by atoms with Crippen molar-refractivity contribution in [2.24, 2.45) is 11.8 Å². The SMILES string of the molecule is CC=O.CNc1cnc(C)n1CC(=O)Nc1sc2c(c1C#N)CCC(C(C)C)C2. The molecule has 0 aromatic carbocycles. The molecule has 1 amide bonds. The normalized spacial score (nSPS) is 15.0. The highest BCUT2D eigenvalue weighted by Gasteiger charge is 2.27. The van der Waals surface area contributed by atoms with Crippen LogP contribution in [0, 0.1) is 30.1 Å². The summed E-state index contributed by atoms with van der Waals surface area (Å²) in [7, 11) is 1.80. The third kappa shape index (κ3) is 5.24. The van der Waals surface area contributed by atoms with Crippen LogP contribution in [0.25, 0.3) is 0 Å². The maximum atomic E-state index is 12.6. The van der Waals surface area contributed by atoms with Crippen LogP contribution >= 0.6 is 11.3 Å². The molecular formula is C21H29N5O2S. The van der Waals surface area contributed by atoms with Gasteiger partial charge >= 0.3 is 0 Å². The first kappa shape index (κ1) is 22.6. The van der Waals surface area contributed by atoms with Crippen LogP contribution in [-0.2, 0) is 29.0 Å². The lowest BCUT2D eigenvalue weighted by Gasteiger charge is -2.25. The molecule has 0 spiro atoms. The minimum absolute atomic E-state index is 0.141. The second-order valence-corrected chi connectivity index (χ2v) is 8.48. The van der Waals surface area contributed by atoms with E-state index in [-0.39, 0.29) is 12.5 Å². The van der Waals surface area contributed by atoms with Crippen molar-refractivity contribution in [1.29, 1.82) is 5.26 Å². The lowest BCUT2D eigenvalue weighted by Crippen LogP contribution is -2.20. The van der Waals surface area contributed by atoms with Crippen LogP contribution in [-0.4, -0.2) is 28.8 Å². The number of carbonyl (C=O) groups excluding carboxylic acids is 2. The molecule has 0 bridgehead atoms. The van der Waals surface area contributed by atoms with Crippen molar-refractivity contribution in [1.82, 2.24) is 9.55 Å². The van der Waals surface area contributed by atoms with E-state index in [9.17, 15) is 10.1 Å². The van der Waals surface area contributed by atoms with Crippen molar-refractivity contribution >= 4 is 34.3 Å². The van der Waals surface area contributed by atoms with Crippen LogP contribution in [0.15, 0.2) is 6.20 Å². The molecule has 2 aromatic heterocycles. The third-order valence-corrected chi connectivity index (χ3v) is 6.39. The fourth-order valence-electron chi connectivity index (χ4n) is 3.56. The van der Waals surface area contributed by atoms with Crippen molar-refractivity contribution in [2.75, 3.05) is 17.7 Å². The molecule has 0 fully saturated rings. The quantitative estimate of drug-likeness (QED) is 0.724. The Kier molecular flexibility index (Phi) is 7.97. The summed E-state index contributed by atoms with van der Waals surface area (Å²) in [4.78, 5) is 26.9. The number of nitrogens with one attached hydrogen (secondary N) is 2. The number of hydrogen-bond donors (Lipinski definition) is 2. The highest BCUT2D eigenvalue weighted by Crippen LogP contribution is 2.41. The van der Waals surface area contributed by atoms with Crippen LogP contribution in [0.4, 0.5) is 10.8 Å². The molecule has 2 N–H and O–H groups in total. The number of nitriles is 1. The van der Waals surface area contributed by atoms with Crippen molar-refractivity contribution in [3.63, 3.8) is 0 Å². The summed E-state index contributed by atoms with van der Waals surface area (Å²) in [6, 6.07) is 2.31. The maximum absolute atomic E-state index is 12.6. The molecule has 0 saturated heterocycles. The van der Waals surface area contributed by atoms with E-state index in [4.69, 9.17) is 4.79 Å². The van der Waals surface area contributed by atoms with Crippen molar-refractivity contribution in [3.05, 3.63) is 28.0 Å². The number of nitrogens with zero attached hydrogens (tertiary/aromatic N) is 3. The summed E-state index contributed by atoms with van der Waals surface area (Å²) in [6.07, 6.45) is 5.51. The Morgan fingerprint density at radius 1 is 1.52 bits per heavy atom. The molecule has 0 radical (unpaired) electrons. The van der Waals surface area contributed by atoms with Crippen molar-refractivity contribution in [2.45, 2.75) is 53.5 Å². The molecule has 0 saturated carbocycles. The molecule has 1 atom stereocenters. The van der Waals surface area contributed by atoms with Gasteiger partial charge in [-0.3, -0.25) is 4.79 Å². The molecule has 2 heterocycles. The van der Waals surface area contributed by atoms with Crippen LogP contribution in [0.2, 0.25) is 0 Å². The first-order valence-electron chi connectivity index (χ1n) is 9.80. The van der Waals surface area contributed by atoms with E-state index in [1.807, 2.05) is 11.5 Å². The van der Waals surface area contributed by atoms with Crippen LogP contribution in [0.5, 0.6) is 0 Å². The number of fused-ring (bicyclic) bond motifs is 1. The molecule has 0 aliphatic heterocycles. The topological polar surface area (TPSA) is 99.8 Å². The number of aromatic nitrogens is 2. The number of anilines is 2. The predicted octanol–water partition coefficient (Wildman–Crippen LogP) is 3.77. The molecular weight excluding hydrogens is 386 g/mol. The zero-order valence-electron chi connectivity index (χ0n) is 17.7. The molecule has 2 aromatic rings. The summed E-state index contributed by atoms with van der Waals surface area (Å²) in [6.45, 7) is 7.99. The summed E-state index contributed by atoms with van der Waals surface area (Å²) in [5, 5.41) is 16.3. The smallest absolute Gasteiger partial charge is 0.245 e. The number of carbonyl (C=O) groups is 2. The van der Waals surface area contributed by atoms with Crippen molar-refractivity contribution in [3.8, 4) is 6.07 Å². The Hall–Kier alpha value is -2.66. The first-order valence-corrected chi connectivity index (χ1v) is 10.6. The zero-order valence-corrected chi connectivity index (χ0v) is 18.5. The Morgan fingerprint density at radius 3 is 2.79 bits per heavy atom. The molecule has 1 unspecified atom stereocenters. The molecule has 3 rings (SSSR count). The predicted molar refractivity (Wildman–Crippen MR) is 116 cm³/mol. The molecule has 8 heteroatoms. The minimum Gasteiger partial charge on any atom is -0.373 e. The van der Waals surface area contributed by atoms with Crippen LogP contribution < -0.4 is 10.6 Å². The highest BCUT2D eigenvalue weighted by atomic mass is 32.1. The third-order valence-electron chi connectivity index (χ3n) is 5.22. The van der Waals surface area contributed by atoms with Gasteiger partial charge in [0.25, 0.3) is 0 Å². The van der Waals surface area contributed by atoms with E-state index in [1.165, 1.54) is 11.8 Å². The Labute approximate surface area is 176 Å². The molecule has 1 aliphatic carbocycles. The van der Waals surface area contributed by atoms with Gasteiger partial charge in [0.15, 0.2) is 0 Å². The monoisotopic (exact) mass is 415 g/mol. The van der Waals surface area contributed by atoms with Crippen LogP contribution in [0.3, 0.4) is 0 Å². The Bertz CT molecular complexity index is 907. The minimum atomic E-state index is -0.141. The van der Waals surface area contributed by atoms with Gasteiger partial charge < -0.3 is 20.0 Å². The standard InChI is InChI=1S/C19H25N5OS.C2H4O/c1-11(2)13-5-6-14-15(8-20)19(26-16(14)7-13)23-18(25)10-24-12(3)22-9-17(24)21-4;1-2-3/h9,11,13,21H,5-7,10H2,1-4H3,(H,23,25);2H,1H3. The highest BCUT2D eigenvalue weighted by molar-refractivity contribution is 7.16. The summed E-state index contributed by atoms with van der Waals surface area (Å²) < 4.78 is 1.82. The lowest BCUT2D eigenvalue weighted by molar-refractivity contribution is -0.116. The number of thiophene rings is 1. The van der Waals surface area contributed by atoms with Gasteiger partial charge in [0, 0.05) is 11.9 Å². The first-order chi connectivity index (χ1) is 13.9. The number of aryl methyl sites for hydroxylation is 1. The van der Waals surface area contributed by atoms with E-state index in [2.05, 4.69) is 35.5 Å². The van der Waals surface area contributed by atoms with Gasteiger partial charge in [-0.25, -0.2) is 4.98 Å². The fourth-order valence-corrected chi connectivity index (χ4v) is 4.87.